The van der Waals surface area contributed by atoms with Gasteiger partial charge in [-0.05, 0) is 34.6 Å². The molecule has 2 unspecified atom stereocenters. The molecule has 1 aliphatic rings. The molecule has 2 atom stereocenters. The zero-order valence-corrected chi connectivity index (χ0v) is 10.9. The maximum atomic E-state index is 11.8. The van der Waals surface area contributed by atoms with Crippen LogP contribution in [0.3, 0.4) is 0 Å². The number of rotatable bonds is 3. The van der Waals surface area contributed by atoms with E-state index in [1.165, 1.54) is 0 Å². The van der Waals surface area contributed by atoms with Gasteiger partial charge in [0.2, 0.25) is 0 Å². The molecule has 0 aromatic carbocycles. The van der Waals surface area contributed by atoms with E-state index >= 15 is 0 Å². The van der Waals surface area contributed by atoms with Gasteiger partial charge in [-0.15, -0.1) is 0 Å². The fourth-order valence-electron chi connectivity index (χ4n) is 3.24. The van der Waals surface area contributed by atoms with Crippen molar-refractivity contribution in [2.45, 2.75) is 65.1 Å². The van der Waals surface area contributed by atoms with Crippen molar-refractivity contribution in [2.75, 3.05) is 6.54 Å². The lowest BCUT2D eigenvalue weighted by atomic mass is 9.95. The van der Waals surface area contributed by atoms with E-state index in [1.54, 1.807) is 6.92 Å². The molecule has 0 saturated carbocycles. The lowest BCUT2D eigenvalue weighted by Gasteiger charge is -2.20. The monoisotopic (exact) mass is 213 g/mol. The first-order valence-electron chi connectivity index (χ1n) is 5.77. The third-order valence-electron chi connectivity index (χ3n) is 4.09. The van der Waals surface area contributed by atoms with Crippen LogP contribution in [0, 0.1) is 0 Å². The van der Waals surface area contributed by atoms with E-state index < -0.39 is 0 Å². The smallest absolute Gasteiger partial charge is 0.311 e. The molecule has 0 spiro atoms. The van der Waals surface area contributed by atoms with Crippen LogP contribution in [0.4, 0.5) is 0 Å². The van der Waals surface area contributed by atoms with Crippen LogP contribution < -0.4 is 5.73 Å². The van der Waals surface area contributed by atoms with Crippen LogP contribution >= 0.6 is 0 Å². The first-order chi connectivity index (χ1) is 6.59. The summed E-state index contributed by atoms with van der Waals surface area (Å²) in [7, 11) is 0. The van der Waals surface area contributed by atoms with Crippen molar-refractivity contribution in [1.29, 1.82) is 0 Å². The number of hydrogen-bond donors (Lipinski definition) is 1. The first kappa shape index (κ1) is 12.7. The maximum absolute atomic E-state index is 11.8. The lowest BCUT2D eigenvalue weighted by molar-refractivity contribution is -0.759. The highest BCUT2D eigenvalue weighted by molar-refractivity contribution is 5.69. The van der Waals surface area contributed by atoms with Crippen molar-refractivity contribution in [3.8, 4) is 0 Å². The molecular weight excluding hydrogens is 188 g/mol. The molecule has 1 heterocycles. The first-order valence-corrected chi connectivity index (χ1v) is 5.77. The standard InChI is InChI=1S/C12H25N2O/c1-7-14(9(2)15)10(12(14,5)6)8-11(3,4)13/h10H,7-8,13H2,1-6H3/q+1. The van der Waals surface area contributed by atoms with Crippen LogP contribution in [-0.4, -0.2) is 34.1 Å². The van der Waals surface area contributed by atoms with Crippen LogP contribution in [0.1, 0.15) is 48.0 Å². The summed E-state index contributed by atoms with van der Waals surface area (Å²) in [6, 6.07) is 0.389. The number of carbonyl (C=O) groups excluding carboxylic acids is 1. The van der Waals surface area contributed by atoms with Crippen molar-refractivity contribution in [1.82, 2.24) is 0 Å². The fraction of sp³-hybridized carbons (Fsp3) is 0.917. The molecule has 1 rings (SSSR count). The molecule has 1 saturated heterocycles. The molecule has 1 aliphatic heterocycles. The number of nitrogens with zero attached hydrogens (tertiary/aromatic N) is 1. The van der Waals surface area contributed by atoms with Crippen LogP contribution in [0.25, 0.3) is 0 Å². The Morgan fingerprint density at radius 3 is 2.13 bits per heavy atom. The Balaban J connectivity index is 2.90. The van der Waals surface area contributed by atoms with E-state index in [1.807, 2.05) is 13.8 Å². The Morgan fingerprint density at radius 2 is 1.93 bits per heavy atom. The number of nitrogens with two attached hydrogens (primary N) is 1. The highest BCUT2D eigenvalue weighted by Gasteiger charge is 2.75. The predicted molar refractivity (Wildman–Crippen MR) is 62.2 cm³/mol. The Kier molecular flexibility index (Phi) is 2.78. The molecule has 1 amide bonds. The van der Waals surface area contributed by atoms with E-state index in [9.17, 15) is 4.79 Å². The van der Waals surface area contributed by atoms with Gasteiger partial charge in [0.15, 0.2) is 11.6 Å². The topological polar surface area (TPSA) is 43.1 Å². The van der Waals surface area contributed by atoms with Crippen molar-refractivity contribution >= 4 is 5.91 Å². The zero-order valence-electron chi connectivity index (χ0n) is 10.9. The Bertz CT molecular complexity index is 278. The molecule has 1 fully saturated rings. The van der Waals surface area contributed by atoms with Gasteiger partial charge in [0, 0.05) is 12.0 Å². The van der Waals surface area contributed by atoms with Gasteiger partial charge in [-0.3, -0.25) is 0 Å². The molecule has 88 valence electrons. The summed E-state index contributed by atoms with van der Waals surface area (Å²) >= 11 is 0. The van der Waals surface area contributed by atoms with Crippen molar-refractivity contribution in [2.24, 2.45) is 5.73 Å². The van der Waals surface area contributed by atoms with Gasteiger partial charge >= 0.3 is 5.91 Å². The minimum Gasteiger partial charge on any atom is -0.325 e. The van der Waals surface area contributed by atoms with Crippen molar-refractivity contribution in [3.63, 3.8) is 0 Å². The van der Waals surface area contributed by atoms with Crippen molar-refractivity contribution < 1.29 is 9.28 Å². The number of hydrogen-bond acceptors (Lipinski definition) is 2. The highest BCUT2D eigenvalue weighted by atomic mass is 16.2. The average molecular weight is 213 g/mol. The van der Waals surface area contributed by atoms with Gasteiger partial charge < -0.3 is 5.73 Å². The van der Waals surface area contributed by atoms with Gasteiger partial charge in [0.05, 0.1) is 13.5 Å². The summed E-state index contributed by atoms with van der Waals surface area (Å²) in [5, 5.41) is 0. The van der Waals surface area contributed by atoms with E-state index in [2.05, 4.69) is 20.8 Å². The van der Waals surface area contributed by atoms with Gasteiger partial charge in [0.25, 0.3) is 0 Å². The zero-order chi connectivity index (χ0) is 12.1. The summed E-state index contributed by atoms with van der Waals surface area (Å²) in [4.78, 5) is 11.8. The molecule has 3 nitrogen and oxygen atoms in total. The highest BCUT2D eigenvalue weighted by Crippen LogP contribution is 2.53. The molecule has 0 aromatic rings. The predicted octanol–water partition coefficient (Wildman–Crippen LogP) is 1.66. The SMILES string of the molecule is CC[N+]1(C(C)=O)C(CC(C)(C)N)C1(C)C. The molecule has 15 heavy (non-hydrogen) atoms. The number of likely N-dealkylation sites (N-methyl/N-ethyl adjacent to an activating group) is 1. The van der Waals surface area contributed by atoms with E-state index in [-0.39, 0.29) is 17.0 Å². The van der Waals surface area contributed by atoms with Crippen LogP contribution in [-0.2, 0) is 4.79 Å². The largest absolute Gasteiger partial charge is 0.325 e. The van der Waals surface area contributed by atoms with Crippen molar-refractivity contribution in [3.05, 3.63) is 0 Å². The second-order valence-corrected chi connectivity index (χ2v) is 6.07. The minimum absolute atomic E-state index is 0.0667. The lowest BCUT2D eigenvalue weighted by Crippen LogP contribution is -2.40. The van der Waals surface area contributed by atoms with Gasteiger partial charge in [0.1, 0.15) is 0 Å². The van der Waals surface area contributed by atoms with E-state index in [4.69, 9.17) is 5.73 Å². The molecule has 0 radical (unpaired) electrons. The summed E-state index contributed by atoms with van der Waals surface area (Å²) < 4.78 is 0.605. The minimum atomic E-state index is -0.188. The average Bonchev–Trinajstić information content (AvgIpc) is 2.45. The van der Waals surface area contributed by atoms with E-state index in [0.29, 0.717) is 10.5 Å². The van der Waals surface area contributed by atoms with Crippen LogP contribution in [0.15, 0.2) is 0 Å². The summed E-state index contributed by atoms with van der Waals surface area (Å²) in [5.74, 6) is 0.275. The number of quaternary nitrogens is 1. The Labute approximate surface area is 93.2 Å². The second kappa shape index (κ2) is 3.29. The normalized spacial score (nSPS) is 33.9. The molecular formula is C12H25N2O+. The number of amides is 1. The summed E-state index contributed by atoms with van der Waals surface area (Å²) in [6.45, 7) is 13.1. The van der Waals surface area contributed by atoms with Gasteiger partial charge in [-0.1, -0.05) is 0 Å². The molecule has 2 N–H and O–H groups in total. The third kappa shape index (κ3) is 1.72. The summed E-state index contributed by atoms with van der Waals surface area (Å²) in [6.07, 6.45) is 0.910. The fourth-order valence-corrected chi connectivity index (χ4v) is 3.24. The van der Waals surface area contributed by atoms with E-state index in [0.717, 1.165) is 13.0 Å². The molecule has 0 bridgehead atoms. The van der Waals surface area contributed by atoms with Gasteiger partial charge in [-0.25, -0.2) is 9.28 Å². The quantitative estimate of drug-likeness (QED) is 0.572. The Morgan fingerprint density at radius 1 is 1.47 bits per heavy atom. The maximum Gasteiger partial charge on any atom is 0.311 e. The molecule has 0 aliphatic carbocycles. The second-order valence-electron chi connectivity index (χ2n) is 6.07. The van der Waals surface area contributed by atoms with Gasteiger partial charge in [-0.2, -0.15) is 0 Å². The Hall–Kier alpha value is -0.410. The summed E-state index contributed by atoms with van der Waals surface area (Å²) in [5.41, 5.74) is 5.93. The molecule has 0 aromatic heterocycles. The third-order valence-corrected chi connectivity index (χ3v) is 4.09. The van der Waals surface area contributed by atoms with Crippen LogP contribution in [0.5, 0.6) is 0 Å². The number of carbonyl (C=O) groups is 1. The molecule has 3 heteroatoms. The van der Waals surface area contributed by atoms with Crippen LogP contribution in [0.2, 0.25) is 0 Å².